The number of amides is 2. The number of hydrogen-bond acceptors (Lipinski definition) is 6. The third-order valence-corrected chi connectivity index (χ3v) is 5.58. The number of anilines is 1. The summed E-state index contributed by atoms with van der Waals surface area (Å²) >= 11 is 1.61. The Hall–Kier alpha value is -3.52. The maximum atomic E-state index is 12.1. The van der Waals surface area contributed by atoms with Crippen molar-refractivity contribution in [2.24, 2.45) is 0 Å². The third-order valence-electron chi connectivity index (χ3n) is 4.50. The van der Waals surface area contributed by atoms with Gasteiger partial charge in [-0.05, 0) is 50.2 Å². The van der Waals surface area contributed by atoms with E-state index < -0.39 is 11.8 Å². The first-order valence-corrected chi connectivity index (χ1v) is 9.80. The molecule has 0 bridgehead atoms. The molecule has 0 spiro atoms. The van der Waals surface area contributed by atoms with Crippen LogP contribution in [0.25, 0.3) is 20.8 Å². The summed E-state index contributed by atoms with van der Waals surface area (Å²) in [4.78, 5) is 28.8. The maximum Gasteiger partial charge on any atom is 0.313 e. The maximum absolute atomic E-state index is 12.1. The van der Waals surface area contributed by atoms with Gasteiger partial charge in [-0.3, -0.25) is 9.59 Å². The Labute approximate surface area is 170 Å². The van der Waals surface area contributed by atoms with Gasteiger partial charge in [-0.1, -0.05) is 17.3 Å². The lowest BCUT2D eigenvalue weighted by Crippen LogP contribution is -2.35. The summed E-state index contributed by atoms with van der Waals surface area (Å²) in [6, 6.07) is 15.2. The molecule has 7 nitrogen and oxygen atoms in total. The fourth-order valence-corrected chi connectivity index (χ4v) is 3.85. The fourth-order valence-electron chi connectivity index (χ4n) is 2.88. The molecule has 4 rings (SSSR count). The van der Waals surface area contributed by atoms with E-state index >= 15 is 0 Å². The zero-order valence-electron chi connectivity index (χ0n) is 15.9. The summed E-state index contributed by atoms with van der Waals surface area (Å²) in [6.45, 7) is 3.73. The molecule has 8 heteroatoms. The first-order valence-electron chi connectivity index (χ1n) is 8.98. The lowest BCUT2D eigenvalue weighted by Gasteiger charge is -2.07. The Bertz CT molecular complexity index is 1140. The molecule has 2 amide bonds. The summed E-state index contributed by atoms with van der Waals surface area (Å²) in [7, 11) is 0. The average molecular weight is 406 g/mol. The molecule has 4 aromatic rings. The minimum atomic E-state index is -0.732. The van der Waals surface area contributed by atoms with E-state index in [1.807, 2.05) is 36.4 Å². The summed E-state index contributed by atoms with van der Waals surface area (Å²) < 4.78 is 6.16. The molecule has 0 fully saturated rings. The SMILES string of the molecule is Cc1noc(C)c1CNC(=O)C(=O)Nc1ccc(-c2nc3ccccc3s2)cc1. The summed E-state index contributed by atoms with van der Waals surface area (Å²) in [6.07, 6.45) is 0. The van der Waals surface area contributed by atoms with E-state index in [0.717, 1.165) is 26.4 Å². The Morgan fingerprint density at radius 1 is 1.03 bits per heavy atom. The van der Waals surface area contributed by atoms with Crippen LogP contribution in [0, 0.1) is 13.8 Å². The van der Waals surface area contributed by atoms with E-state index in [1.54, 1.807) is 37.3 Å². The highest BCUT2D eigenvalue weighted by Crippen LogP contribution is 2.30. The smallest absolute Gasteiger partial charge is 0.313 e. The van der Waals surface area contributed by atoms with Crippen molar-refractivity contribution in [2.75, 3.05) is 5.32 Å². The number of fused-ring (bicyclic) bond motifs is 1. The van der Waals surface area contributed by atoms with E-state index in [1.165, 1.54) is 0 Å². The van der Waals surface area contributed by atoms with Gasteiger partial charge in [0, 0.05) is 23.4 Å². The highest BCUT2D eigenvalue weighted by atomic mass is 32.1. The normalized spacial score (nSPS) is 10.8. The second-order valence-electron chi connectivity index (χ2n) is 6.50. The van der Waals surface area contributed by atoms with Crippen molar-refractivity contribution in [1.29, 1.82) is 0 Å². The number of nitrogens with one attached hydrogen (secondary N) is 2. The van der Waals surface area contributed by atoms with Gasteiger partial charge in [-0.15, -0.1) is 11.3 Å². The number of thiazole rings is 1. The third kappa shape index (κ3) is 4.02. The van der Waals surface area contributed by atoms with Crippen LogP contribution in [0.3, 0.4) is 0 Å². The number of carbonyl (C=O) groups is 2. The van der Waals surface area contributed by atoms with Crippen molar-refractivity contribution in [3.8, 4) is 10.6 Å². The van der Waals surface area contributed by atoms with Gasteiger partial charge in [-0.25, -0.2) is 4.98 Å². The largest absolute Gasteiger partial charge is 0.361 e. The number of benzene rings is 2. The topological polar surface area (TPSA) is 97.1 Å². The molecule has 0 aliphatic rings. The number of carbonyl (C=O) groups excluding carboxylic acids is 2. The van der Waals surface area contributed by atoms with Crippen molar-refractivity contribution >= 4 is 39.1 Å². The average Bonchev–Trinajstić information content (AvgIpc) is 3.30. The van der Waals surface area contributed by atoms with Gasteiger partial charge >= 0.3 is 11.8 Å². The first kappa shape index (κ1) is 18.8. The molecule has 0 saturated carbocycles. The highest BCUT2D eigenvalue weighted by molar-refractivity contribution is 7.21. The van der Waals surface area contributed by atoms with Crippen LogP contribution in [0.2, 0.25) is 0 Å². The molecule has 0 aliphatic carbocycles. The Kier molecular flexibility index (Phi) is 5.09. The van der Waals surface area contributed by atoms with E-state index in [9.17, 15) is 9.59 Å². The van der Waals surface area contributed by atoms with Crippen LogP contribution in [-0.4, -0.2) is 22.0 Å². The van der Waals surface area contributed by atoms with Gasteiger partial charge < -0.3 is 15.2 Å². The zero-order chi connectivity index (χ0) is 20.4. The van der Waals surface area contributed by atoms with Gasteiger partial charge in [0.1, 0.15) is 10.8 Å². The van der Waals surface area contributed by atoms with Crippen molar-refractivity contribution in [1.82, 2.24) is 15.5 Å². The Morgan fingerprint density at radius 3 is 2.48 bits per heavy atom. The highest BCUT2D eigenvalue weighted by Gasteiger charge is 2.16. The zero-order valence-corrected chi connectivity index (χ0v) is 16.7. The second-order valence-corrected chi connectivity index (χ2v) is 7.53. The van der Waals surface area contributed by atoms with Crippen molar-refractivity contribution in [3.05, 3.63) is 65.5 Å². The fraction of sp³-hybridized carbons (Fsp3) is 0.143. The molecule has 2 aromatic carbocycles. The number of para-hydroxylation sites is 1. The Morgan fingerprint density at radius 2 is 1.79 bits per heavy atom. The minimum absolute atomic E-state index is 0.184. The molecule has 2 N–H and O–H groups in total. The van der Waals surface area contributed by atoms with Crippen molar-refractivity contribution < 1.29 is 14.1 Å². The number of hydrogen-bond donors (Lipinski definition) is 2. The molecule has 0 unspecified atom stereocenters. The standard InChI is InChI=1S/C21H18N4O3S/c1-12-16(13(2)28-25-12)11-22-19(26)20(27)23-15-9-7-14(8-10-15)21-24-17-5-3-4-6-18(17)29-21/h3-10H,11H2,1-2H3,(H,22,26)(H,23,27). The van der Waals surface area contributed by atoms with E-state index in [2.05, 4.69) is 20.8 Å². The Balaban J connectivity index is 1.39. The summed E-state index contributed by atoms with van der Waals surface area (Å²) in [5.41, 5.74) is 3.90. The van der Waals surface area contributed by atoms with E-state index in [4.69, 9.17) is 4.52 Å². The molecular formula is C21H18N4O3S. The van der Waals surface area contributed by atoms with Crippen LogP contribution >= 0.6 is 11.3 Å². The molecule has 29 heavy (non-hydrogen) atoms. The first-order chi connectivity index (χ1) is 14.0. The predicted octanol–water partition coefficient (Wildman–Crippen LogP) is 3.82. The van der Waals surface area contributed by atoms with Gasteiger partial charge in [0.2, 0.25) is 0 Å². The lowest BCUT2D eigenvalue weighted by molar-refractivity contribution is -0.136. The summed E-state index contributed by atoms with van der Waals surface area (Å²) in [5.74, 6) is -0.835. The second kappa shape index (κ2) is 7.84. The van der Waals surface area contributed by atoms with Crippen LogP contribution in [0.1, 0.15) is 17.0 Å². The monoisotopic (exact) mass is 406 g/mol. The van der Waals surface area contributed by atoms with Crippen LogP contribution < -0.4 is 10.6 Å². The number of aryl methyl sites for hydroxylation is 2. The van der Waals surface area contributed by atoms with Gasteiger partial charge in [-0.2, -0.15) is 0 Å². The van der Waals surface area contributed by atoms with Gasteiger partial charge in [0.05, 0.1) is 15.9 Å². The minimum Gasteiger partial charge on any atom is -0.361 e. The van der Waals surface area contributed by atoms with E-state index in [-0.39, 0.29) is 6.54 Å². The van der Waals surface area contributed by atoms with Crippen LogP contribution in [0.5, 0.6) is 0 Å². The lowest BCUT2D eigenvalue weighted by atomic mass is 10.2. The number of rotatable bonds is 4. The van der Waals surface area contributed by atoms with Crippen LogP contribution in [0.15, 0.2) is 53.1 Å². The molecule has 0 atom stereocenters. The van der Waals surface area contributed by atoms with Crippen molar-refractivity contribution in [3.63, 3.8) is 0 Å². The summed E-state index contributed by atoms with van der Waals surface area (Å²) in [5, 5.41) is 9.91. The molecule has 146 valence electrons. The van der Waals surface area contributed by atoms with E-state index in [0.29, 0.717) is 17.1 Å². The number of nitrogens with zero attached hydrogens (tertiary/aromatic N) is 2. The molecule has 2 aromatic heterocycles. The van der Waals surface area contributed by atoms with Crippen LogP contribution in [0.4, 0.5) is 5.69 Å². The van der Waals surface area contributed by atoms with Gasteiger partial charge in [0.25, 0.3) is 0 Å². The molecule has 0 radical (unpaired) electrons. The molecule has 0 aliphatic heterocycles. The molecule has 0 saturated heterocycles. The molecular weight excluding hydrogens is 388 g/mol. The quantitative estimate of drug-likeness (QED) is 0.502. The van der Waals surface area contributed by atoms with Crippen LogP contribution in [-0.2, 0) is 16.1 Å². The van der Waals surface area contributed by atoms with Crippen molar-refractivity contribution in [2.45, 2.75) is 20.4 Å². The predicted molar refractivity (Wildman–Crippen MR) is 112 cm³/mol. The van der Waals surface area contributed by atoms with Gasteiger partial charge in [0.15, 0.2) is 0 Å². The number of aromatic nitrogens is 2. The molecule has 2 heterocycles.